The molecule has 1 aromatic heterocycles. The van der Waals surface area contributed by atoms with Gasteiger partial charge in [-0.05, 0) is 63.2 Å². The van der Waals surface area contributed by atoms with Crippen molar-refractivity contribution < 1.29 is 30.8 Å². The maximum absolute atomic E-state index is 13.3. The molecule has 1 heterocycles. The van der Waals surface area contributed by atoms with Crippen LogP contribution in [0.3, 0.4) is 0 Å². The Morgan fingerprint density at radius 2 is 1.58 bits per heavy atom. The summed E-state index contributed by atoms with van der Waals surface area (Å²) in [5, 5.41) is 2.60. The summed E-state index contributed by atoms with van der Waals surface area (Å²) in [6, 6.07) is 10.3. The highest BCUT2D eigenvalue weighted by atomic mass is 32.2. The molecular weight excluding hydrogens is 500 g/mol. The molecule has 0 fully saturated rings. The predicted molar refractivity (Wildman–Crippen MR) is 124 cm³/mol. The molecular formula is C24H24F4N4O3S. The molecule has 3 aromatic rings. The fourth-order valence-corrected chi connectivity index (χ4v) is 5.02. The van der Waals surface area contributed by atoms with Crippen LogP contribution >= 0.6 is 0 Å². The largest absolute Gasteiger partial charge is 0.416 e. The number of halogens is 4. The predicted octanol–water partition coefficient (Wildman–Crippen LogP) is 4.41. The average Bonchev–Trinajstić information content (AvgIpc) is 2.80. The zero-order valence-corrected chi connectivity index (χ0v) is 20.5. The highest BCUT2D eigenvalue weighted by Crippen LogP contribution is 2.30. The highest BCUT2D eigenvalue weighted by Gasteiger charge is 2.35. The zero-order valence-electron chi connectivity index (χ0n) is 19.7. The molecule has 0 saturated carbocycles. The summed E-state index contributed by atoms with van der Waals surface area (Å²) in [5.41, 5.74) is -0.584. The summed E-state index contributed by atoms with van der Waals surface area (Å²) in [7, 11) is -4.11. The minimum atomic E-state index is -4.45. The van der Waals surface area contributed by atoms with E-state index >= 15 is 0 Å². The fourth-order valence-electron chi connectivity index (χ4n) is 3.27. The minimum absolute atomic E-state index is 0.0659. The van der Waals surface area contributed by atoms with E-state index in [9.17, 15) is 30.8 Å². The second kappa shape index (κ2) is 10.3. The van der Waals surface area contributed by atoms with Crippen LogP contribution in [0.25, 0.3) is 11.3 Å². The number of amides is 1. The standard InChI is InChI=1S/C24H24F4N4O3S/c1-23(2,3)32(36(34,35)20-10-8-18(25)9-11-20)14-22(33)29-13-19-12-21(31-15-30-19)16-4-6-17(7-5-16)24(26,27)28/h4-12,15H,13-14H2,1-3H3,(H,29,33). The van der Waals surface area contributed by atoms with Crippen molar-refractivity contribution in [3.63, 3.8) is 0 Å². The van der Waals surface area contributed by atoms with Crippen LogP contribution in [0.15, 0.2) is 65.8 Å². The van der Waals surface area contributed by atoms with Crippen LogP contribution in [0.1, 0.15) is 32.0 Å². The van der Waals surface area contributed by atoms with Crippen LogP contribution in [0.4, 0.5) is 17.6 Å². The van der Waals surface area contributed by atoms with Crippen LogP contribution in [-0.4, -0.2) is 40.7 Å². The summed E-state index contributed by atoms with van der Waals surface area (Å²) >= 11 is 0. The Hall–Kier alpha value is -3.38. The number of hydrogen-bond acceptors (Lipinski definition) is 5. The van der Waals surface area contributed by atoms with E-state index in [0.717, 1.165) is 40.7 Å². The van der Waals surface area contributed by atoms with Crippen molar-refractivity contribution >= 4 is 15.9 Å². The van der Waals surface area contributed by atoms with Crippen molar-refractivity contribution in [2.45, 2.75) is 43.9 Å². The number of sulfonamides is 1. The Morgan fingerprint density at radius 1 is 0.972 bits per heavy atom. The Bertz CT molecular complexity index is 1320. The topological polar surface area (TPSA) is 92.3 Å². The molecule has 1 amide bonds. The summed E-state index contributed by atoms with van der Waals surface area (Å²) in [5.74, 6) is -1.19. The van der Waals surface area contributed by atoms with E-state index in [1.54, 1.807) is 20.8 Å². The monoisotopic (exact) mass is 524 g/mol. The molecule has 12 heteroatoms. The van der Waals surface area contributed by atoms with E-state index in [2.05, 4.69) is 15.3 Å². The van der Waals surface area contributed by atoms with Crippen LogP contribution in [0.5, 0.6) is 0 Å². The summed E-state index contributed by atoms with van der Waals surface area (Å²) < 4.78 is 78.9. The van der Waals surface area contributed by atoms with Gasteiger partial charge in [-0.2, -0.15) is 17.5 Å². The third-order valence-corrected chi connectivity index (χ3v) is 7.26. The molecule has 0 radical (unpaired) electrons. The Morgan fingerprint density at radius 3 is 2.14 bits per heavy atom. The van der Waals surface area contributed by atoms with Gasteiger partial charge in [-0.1, -0.05) is 12.1 Å². The first kappa shape index (κ1) is 27.2. The van der Waals surface area contributed by atoms with Gasteiger partial charge in [0.2, 0.25) is 15.9 Å². The van der Waals surface area contributed by atoms with Crippen molar-refractivity contribution in [1.82, 2.24) is 19.6 Å². The Kier molecular flexibility index (Phi) is 7.79. The number of carbonyl (C=O) groups is 1. The first-order valence-electron chi connectivity index (χ1n) is 10.7. The third kappa shape index (κ3) is 6.64. The fraction of sp³-hybridized carbons (Fsp3) is 0.292. The molecule has 0 saturated heterocycles. The number of benzene rings is 2. The normalized spacial score (nSPS) is 12.6. The molecule has 0 aliphatic carbocycles. The van der Waals surface area contributed by atoms with Gasteiger partial charge in [-0.3, -0.25) is 4.79 Å². The second-order valence-corrected chi connectivity index (χ2v) is 10.7. The van der Waals surface area contributed by atoms with Crippen molar-refractivity contribution in [3.8, 4) is 11.3 Å². The van der Waals surface area contributed by atoms with Crippen molar-refractivity contribution in [1.29, 1.82) is 0 Å². The molecule has 0 spiro atoms. The lowest BCUT2D eigenvalue weighted by molar-refractivity contribution is -0.137. The van der Waals surface area contributed by atoms with Crippen molar-refractivity contribution in [2.24, 2.45) is 0 Å². The van der Waals surface area contributed by atoms with Gasteiger partial charge in [0.15, 0.2) is 0 Å². The Balaban J connectivity index is 1.72. The van der Waals surface area contributed by atoms with Crippen molar-refractivity contribution in [2.75, 3.05) is 6.54 Å². The first-order chi connectivity index (χ1) is 16.7. The summed E-state index contributed by atoms with van der Waals surface area (Å²) in [4.78, 5) is 20.6. The SMILES string of the molecule is CC(C)(C)N(CC(=O)NCc1cc(-c2ccc(C(F)(F)F)cc2)ncn1)S(=O)(=O)c1ccc(F)cc1. The minimum Gasteiger partial charge on any atom is -0.349 e. The molecule has 7 nitrogen and oxygen atoms in total. The molecule has 1 N–H and O–H groups in total. The second-order valence-electron chi connectivity index (χ2n) is 8.88. The van der Waals surface area contributed by atoms with E-state index in [4.69, 9.17) is 0 Å². The number of rotatable bonds is 7. The van der Waals surface area contributed by atoms with E-state index in [1.165, 1.54) is 24.5 Å². The quantitative estimate of drug-likeness (QED) is 0.463. The molecule has 0 bridgehead atoms. The van der Waals surface area contributed by atoms with Crippen LogP contribution < -0.4 is 5.32 Å². The first-order valence-corrected chi connectivity index (χ1v) is 12.2. The molecule has 36 heavy (non-hydrogen) atoms. The van der Waals surface area contributed by atoms with Crippen LogP contribution in [0, 0.1) is 5.82 Å². The maximum atomic E-state index is 13.3. The lowest BCUT2D eigenvalue weighted by atomic mass is 10.1. The number of carbonyl (C=O) groups excluding carboxylic acids is 1. The molecule has 192 valence electrons. The molecule has 0 aliphatic rings. The maximum Gasteiger partial charge on any atom is 0.416 e. The molecule has 3 rings (SSSR count). The van der Waals surface area contributed by atoms with Gasteiger partial charge in [0.1, 0.15) is 12.1 Å². The third-order valence-electron chi connectivity index (χ3n) is 5.14. The molecule has 0 unspecified atom stereocenters. The number of aromatic nitrogens is 2. The van der Waals surface area contributed by atoms with Gasteiger partial charge in [0.25, 0.3) is 0 Å². The van der Waals surface area contributed by atoms with Gasteiger partial charge in [0.05, 0.1) is 34.9 Å². The average molecular weight is 525 g/mol. The van der Waals surface area contributed by atoms with E-state index in [-0.39, 0.29) is 11.4 Å². The summed E-state index contributed by atoms with van der Waals surface area (Å²) in [6.45, 7) is 4.32. The van der Waals surface area contributed by atoms with Crippen LogP contribution in [-0.2, 0) is 27.5 Å². The molecule has 0 aliphatic heterocycles. The smallest absolute Gasteiger partial charge is 0.349 e. The number of nitrogens with zero attached hydrogens (tertiary/aromatic N) is 3. The Labute approximate surface area is 206 Å². The highest BCUT2D eigenvalue weighted by molar-refractivity contribution is 7.89. The lowest BCUT2D eigenvalue weighted by Gasteiger charge is -2.33. The van der Waals surface area contributed by atoms with Gasteiger partial charge in [-0.15, -0.1) is 0 Å². The zero-order chi connectivity index (χ0) is 26.7. The number of nitrogens with one attached hydrogen (secondary N) is 1. The number of hydrogen-bond donors (Lipinski definition) is 1. The van der Waals surface area contributed by atoms with Crippen molar-refractivity contribution in [3.05, 3.63) is 78.0 Å². The number of alkyl halides is 3. The van der Waals surface area contributed by atoms with Gasteiger partial charge in [-0.25, -0.2) is 22.8 Å². The van der Waals surface area contributed by atoms with Gasteiger partial charge >= 0.3 is 6.18 Å². The van der Waals surface area contributed by atoms with E-state index < -0.39 is 45.6 Å². The van der Waals surface area contributed by atoms with E-state index in [0.29, 0.717) is 17.0 Å². The molecule has 2 aromatic carbocycles. The molecule has 0 atom stereocenters. The lowest BCUT2D eigenvalue weighted by Crippen LogP contribution is -2.50. The van der Waals surface area contributed by atoms with Crippen LogP contribution in [0.2, 0.25) is 0 Å². The summed E-state index contributed by atoms with van der Waals surface area (Å²) in [6.07, 6.45) is -3.24. The van der Waals surface area contributed by atoms with Gasteiger partial charge < -0.3 is 5.32 Å². The van der Waals surface area contributed by atoms with Gasteiger partial charge in [0, 0.05) is 11.1 Å². The van der Waals surface area contributed by atoms with E-state index in [1.807, 2.05) is 0 Å².